The number of fused-ring (bicyclic) bond motifs is 5. The summed E-state index contributed by atoms with van der Waals surface area (Å²) in [5.74, 6) is -0.459. The van der Waals surface area contributed by atoms with E-state index in [0.29, 0.717) is 18.2 Å². The lowest BCUT2D eigenvalue weighted by Crippen LogP contribution is -2.25. The first-order valence-corrected chi connectivity index (χ1v) is 7.19. The van der Waals surface area contributed by atoms with Gasteiger partial charge in [0.25, 0.3) is 0 Å². The number of aromatic nitrogens is 2. The van der Waals surface area contributed by atoms with Gasteiger partial charge in [0.1, 0.15) is 0 Å². The Morgan fingerprint density at radius 3 is 2.67 bits per heavy atom. The van der Waals surface area contributed by atoms with Crippen LogP contribution in [0, 0.1) is 11.3 Å². The molecule has 1 aliphatic heterocycles. The van der Waals surface area contributed by atoms with E-state index >= 15 is 0 Å². The zero-order valence-corrected chi connectivity index (χ0v) is 12.1. The molecule has 122 valence electrons. The molecule has 0 unspecified atom stereocenters. The minimum absolute atomic E-state index is 0.107. The van der Waals surface area contributed by atoms with Gasteiger partial charge in [-0.1, -0.05) is 12.2 Å². The number of alkyl halides is 3. The normalized spacial score (nSPS) is 21.1. The first-order chi connectivity index (χ1) is 11.3. The van der Waals surface area contributed by atoms with E-state index in [1.54, 1.807) is 0 Å². The molecule has 2 heterocycles. The van der Waals surface area contributed by atoms with Crippen LogP contribution >= 0.6 is 0 Å². The Balaban J connectivity index is 1.94. The minimum Gasteiger partial charge on any atom is -0.493 e. The van der Waals surface area contributed by atoms with Gasteiger partial charge in [-0.3, -0.25) is 4.57 Å². The number of hydrogen-bond acceptors (Lipinski definition) is 3. The number of halogens is 3. The van der Waals surface area contributed by atoms with Crippen LogP contribution in [0.5, 0.6) is 5.88 Å². The molecule has 0 saturated carbocycles. The lowest BCUT2D eigenvalue weighted by molar-refractivity contribution is -0.137. The first-order valence-electron chi connectivity index (χ1n) is 7.19. The summed E-state index contributed by atoms with van der Waals surface area (Å²) in [6.45, 7) is 0. The van der Waals surface area contributed by atoms with E-state index < -0.39 is 23.0 Å². The summed E-state index contributed by atoms with van der Waals surface area (Å²) >= 11 is 0. The standard InChI is InChI=1S/C16H10F3N3O2/c17-16(18,19)12-6-11(4-2-9(12)7-20)22-14(23)13-8-1-3-10(5-8)21(13)15(22)24/h1-4,6,8,10,23H,5H2/t8-,10+/m0/s1. The molecule has 2 aliphatic rings. The van der Waals surface area contributed by atoms with Gasteiger partial charge >= 0.3 is 11.9 Å². The number of hydrogen-bond donors (Lipinski definition) is 1. The number of nitrogens with zero attached hydrogens (tertiary/aromatic N) is 3. The van der Waals surface area contributed by atoms with Crippen LogP contribution in [0.25, 0.3) is 5.69 Å². The molecule has 4 rings (SSSR count). The van der Waals surface area contributed by atoms with Crippen molar-refractivity contribution < 1.29 is 18.3 Å². The zero-order valence-electron chi connectivity index (χ0n) is 12.1. The molecule has 0 radical (unpaired) electrons. The van der Waals surface area contributed by atoms with Crippen molar-refractivity contribution in [3.8, 4) is 17.6 Å². The van der Waals surface area contributed by atoms with E-state index in [1.807, 2.05) is 12.2 Å². The summed E-state index contributed by atoms with van der Waals surface area (Å²) in [6, 6.07) is 4.25. The third kappa shape index (κ3) is 1.78. The molecule has 1 N–H and O–H groups in total. The maximum absolute atomic E-state index is 13.1. The molecule has 0 saturated heterocycles. The van der Waals surface area contributed by atoms with Crippen molar-refractivity contribution in [1.29, 1.82) is 5.26 Å². The van der Waals surface area contributed by atoms with Crippen LogP contribution in [0.4, 0.5) is 13.2 Å². The average molecular weight is 333 g/mol. The van der Waals surface area contributed by atoms with E-state index in [2.05, 4.69) is 0 Å². The van der Waals surface area contributed by atoms with Gasteiger partial charge in [0.15, 0.2) is 0 Å². The molecule has 2 aromatic rings. The van der Waals surface area contributed by atoms with Gasteiger partial charge in [-0.05, 0) is 24.6 Å². The number of nitriles is 1. The van der Waals surface area contributed by atoms with Gasteiger partial charge in [-0.25, -0.2) is 9.36 Å². The summed E-state index contributed by atoms with van der Waals surface area (Å²) in [4.78, 5) is 12.6. The minimum atomic E-state index is -4.73. The molecular weight excluding hydrogens is 323 g/mol. The molecular formula is C16H10F3N3O2. The van der Waals surface area contributed by atoms with E-state index in [-0.39, 0.29) is 23.5 Å². The van der Waals surface area contributed by atoms with Crippen LogP contribution in [0.15, 0.2) is 35.1 Å². The first kappa shape index (κ1) is 14.6. The quantitative estimate of drug-likeness (QED) is 0.816. The van der Waals surface area contributed by atoms with Crippen molar-refractivity contribution >= 4 is 0 Å². The van der Waals surface area contributed by atoms with Gasteiger partial charge in [0.2, 0.25) is 5.88 Å². The Kier molecular flexibility index (Phi) is 2.77. The third-order valence-electron chi connectivity index (χ3n) is 4.53. The Bertz CT molecular complexity index is 992. The van der Waals surface area contributed by atoms with Gasteiger partial charge in [-0.2, -0.15) is 18.4 Å². The molecule has 24 heavy (non-hydrogen) atoms. The van der Waals surface area contributed by atoms with Crippen molar-refractivity contribution in [1.82, 2.24) is 9.13 Å². The predicted octanol–water partition coefficient (Wildman–Crippen LogP) is 2.83. The van der Waals surface area contributed by atoms with Crippen molar-refractivity contribution in [2.24, 2.45) is 0 Å². The fourth-order valence-electron chi connectivity index (χ4n) is 3.50. The highest BCUT2D eigenvalue weighted by Crippen LogP contribution is 2.46. The van der Waals surface area contributed by atoms with Crippen molar-refractivity contribution in [3.05, 3.63) is 57.7 Å². The number of imidazole rings is 1. The SMILES string of the molecule is N#Cc1ccc(-n2c(O)c3n(c2=O)[C@@H]2C=C[C@H]3C2)cc1C(F)(F)F. The smallest absolute Gasteiger partial charge is 0.417 e. The largest absolute Gasteiger partial charge is 0.493 e. The van der Waals surface area contributed by atoms with Crippen LogP contribution in [0.2, 0.25) is 0 Å². The fourth-order valence-corrected chi connectivity index (χ4v) is 3.50. The number of rotatable bonds is 1. The van der Waals surface area contributed by atoms with Crippen LogP contribution in [-0.2, 0) is 6.18 Å². The summed E-state index contributed by atoms with van der Waals surface area (Å²) in [5.41, 5.74) is -1.96. The lowest BCUT2D eigenvalue weighted by atomic mass is 10.1. The molecule has 1 aromatic heterocycles. The Morgan fingerprint density at radius 1 is 1.29 bits per heavy atom. The molecule has 0 amide bonds. The average Bonchev–Trinajstić information content (AvgIpc) is 3.20. The molecule has 8 heteroatoms. The number of allylic oxidation sites excluding steroid dienone is 2. The zero-order chi connectivity index (χ0) is 17.2. The van der Waals surface area contributed by atoms with Crippen LogP contribution in [0.3, 0.4) is 0 Å². The second-order valence-electron chi connectivity index (χ2n) is 5.83. The lowest BCUT2D eigenvalue weighted by Gasteiger charge is -2.12. The summed E-state index contributed by atoms with van der Waals surface area (Å²) in [7, 11) is 0. The van der Waals surface area contributed by atoms with E-state index in [1.165, 1.54) is 16.7 Å². The summed E-state index contributed by atoms with van der Waals surface area (Å²) in [6.07, 6.45) is -0.324. The van der Waals surface area contributed by atoms with Gasteiger partial charge in [-0.15, -0.1) is 0 Å². The fraction of sp³-hybridized carbons (Fsp3) is 0.250. The van der Waals surface area contributed by atoms with E-state index in [9.17, 15) is 23.1 Å². The third-order valence-corrected chi connectivity index (χ3v) is 4.53. The highest BCUT2D eigenvalue weighted by Gasteiger charge is 2.40. The summed E-state index contributed by atoms with van der Waals surface area (Å²) < 4.78 is 41.6. The number of benzene rings is 1. The Hall–Kier alpha value is -2.95. The van der Waals surface area contributed by atoms with Gasteiger partial charge in [0, 0.05) is 5.92 Å². The topological polar surface area (TPSA) is 71.0 Å². The maximum atomic E-state index is 13.1. The highest BCUT2D eigenvalue weighted by molar-refractivity contribution is 5.50. The van der Waals surface area contributed by atoms with Crippen LogP contribution in [-0.4, -0.2) is 14.2 Å². The molecule has 2 atom stereocenters. The monoisotopic (exact) mass is 333 g/mol. The van der Waals surface area contributed by atoms with Crippen LogP contribution < -0.4 is 5.69 Å². The molecule has 5 nitrogen and oxygen atoms in total. The highest BCUT2D eigenvalue weighted by atomic mass is 19.4. The van der Waals surface area contributed by atoms with E-state index in [4.69, 9.17) is 5.26 Å². The molecule has 2 bridgehead atoms. The summed E-state index contributed by atoms with van der Waals surface area (Å²) in [5, 5.41) is 19.2. The van der Waals surface area contributed by atoms with E-state index in [0.717, 1.165) is 10.6 Å². The molecule has 0 fully saturated rings. The number of aromatic hydroxyl groups is 1. The molecule has 1 aromatic carbocycles. The predicted molar refractivity (Wildman–Crippen MR) is 76.9 cm³/mol. The maximum Gasteiger partial charge on any atom is 0.417 e. The van der Waals surface area contributed by atoms with Gasteiger partial charge in [0.05, 0.1) is 34.6 Å². The van der Waals surface area contributed by atoms with Gasteiger partial charge < -0.3 is 5.11 Å². The second-order valence-corrected chi connectivity index (χ2v) is 5.83. The molecule has 0 spiro atoms. The van der Waals surface area contributed by atoms with Crippen LogP contribution in [0.1, 0.15) is 35.2 Å². The second kappa shape index (κ2) is 4.54. The Labute approximate surface area is 133 Å². The van der Waals surface area contributed by atoms with Crippen molar-refractivity contribution in [2.75, 3.05) is 0 Å². The van der Waals surface area contributed by atoms with Crippen molar-refractivity contribution in [2.45, 2.75) is 24.6 Å². The molecule has 1 aliphatic carbocycles. The van der Waals surface area contributed by atoms with Crippen molar-refractivity contribution in [3.63, 3.8) is 0 Å². The Morgan fingerprint density at radius 2 is 2.04 bits per heavy atom.